The first-order chi connectivity index (χ1) is 11.3. The molecule has 2 atom stereocenters. The van der Waals surface area contributed by atoms with Gasteiger partial charge < -0.3 is 0 Å². The van der Waals surface area contributed by atoms with Crippen molar-refractivity contribution in [3.8, 4) is 0 Å². The van der Waals surface area contributed by atoms with E-state index < -0.39 is 0 Å². The van der Waals surface area contributed by atoms with Gasteiger partial charge in [-0.25, -0.2) is 0 Å². The molecule has 0 aliphatic heterocycles. The van der Waals surface area contributed by atoms with Gasteiger partial charge in [-0.2, -0.15) is 0 Å². The lowest BCUT2D eigenvalue weighted by atomic mass is 9.81. The fourth-order valence-corrected chi connectivity index (χ4v) is 4.88. The van der Waals surface area contributed by atoms with Crippen LogP contribution in [0.2, 0.25) is 0 Å². The molecule has 1 rings (SSSR count). The van der Waals surface area contributed by atoms with E-state index in [1.54, 1.807) is 0 Å². The van der Waals surface area contributed by atoms with Crippen LogP contribution in [0.5, 0.6) is 0 Å². The van der Waals surface area contributed by atoms with Crippen molar-refractivity contribution in [1.29, 1.82) is 0 Å². The van der Waals surface area contributed by atoms with Crippen LogP contribution in [0, 0.1) is 11.8 Å². The van der Waals surface area contributed by atoms with Crippen LogP contribution in [0.4, 0.5) is 0 Å². The normalized spacial score (nSPS) is 20.0. The van der Waals surface area contributed by atoms with Gasteiger partial charge in [-0.3, -0.25) is 0 Å². The first-order valence-electron chi connectivity index (χ1n) is 10.9. The monoisotopic (exact) mass is 342 g/mol. The van der Waals surface area contributed by atoms with E-state index in [1.165, 1.54) is 109 Å². The van der Waals surface area contributed by atoms with E-state index in [9.17, 15) is 0 Å². The lowest BCUT2D eigenvalue weighted by molar-refractivity contribution is 0.291. The molecular weight excluding hydrogens is 300 g/mol. The largest absolute Gasteiger partial charge is 0.122 e. The molecule has 0 N–H and O–H groups in total. The molecule has 2 unspecified atom stereocenters. The van der Waals surface area contributed by atoms with E-state index in [0.29, 0.717) is 5.38 Å². The molecule has 0 spiro atoms. The predicted molar refractivity (Wildman–Crippen MR) is 106 cm³/mol. The van der Waals surface area contributed by atoms with Gasteiger partial charge in [0.1, 0.15) is 0 Å². The number of unbranched alkanes of at least 4 members (excludes halogenated alkanes) is 7. The van der Waals surface area contributed by atoms with Crippen molar-refractivity contribution in [2.24, 2.45) is 11.8 Å². The molecule has 138 valence electrons. The van der Waals surface area contributed by atoms with Crippen molar-refractivity contribution in [3.05, 3.63) is 0 Å². The molecular formula is C22H43Cl. The van der Waals surface area contributed by atoms with Crippen molar-refractivity contribution in [3.63, 3.8) is 0 Å². The Balaban J connectivity index is 2.16. The summed E-state index contributed by atoms with van der Waals surface area (Å²) in [4.78, 5) is 0. The van der Waals surface area contributed by atoms with Gasteiger partial charge in [-0.05, 0) is 31.1 Å². The van der Waals surface area contributed by atoms with E-state index in [4.69, 9.17) is 11.6 Å². The maximum atomic E-state index is 6.95. The summed E-state index contributed by atoms with van der Waals surface area (Å²) >= 11 is 6.95. The molecule has 1 fully saturated rings. The number of halogens is 1. The second kappa shape index (κ2) is 14.6. The highest BCUT2D eigenvalue weighted by Crippen LogP contribution is 2.34. The smallest absolute Gasteiger partial charge is 0.0392 e. The van der Waals surface area contributed by atoms with Crippen LogP contribution in [-0.4, -0.2) is 5.38 Å². The van der Waals surface area contributed by atoms with Crippen LogP contribution in [-0.2, 0) is 0 Å². The van der Waals surface area contributed by atoms with Gasteiger partial charge in [-0.1, -0.05) is 104 Å². The number of alkyl halides is 1. The zero-order valence-corrected chi connectivity index (χ0v) is 16.9. The van der Waals surface area contributed by atoms with Crippen molar-refractivity contribution < 1.29 is 0 Å². The van der Waals surface area contributed by atoms with E-state index in [2.05, 4.69) is 13.8 Å². The predicted octanol–water partition coefficient (Wildman–Crippen LogP) is 8.51. The van der Waals surface area contributed by atoms with Gasteiger partial charge in [0.25, 0.3) is 0 Å². The SMILES string of the molecule is CCCCCCCCCCC(CC)C(Cl)C1CCCCCCC1. The van der Waals surface area contributed by atoms with Gasteiger partial charge in [0.15, 0.2) is 0 Å². The van der Waals surface area contributed by atoms with Crippen molar-refractivity contribution >= 4 is 11.6 Å². The fraction of sp³-hybridized carbons (Fsp3) is 1.00. The molecule has 0 amide bonds. The third kappa shape index (κ3) is 10.0. The maximum absolute atomic E-state index is 6.95. The molecule has 0 bridgehead atoms. The van der Waals surface area contributed by atoms with Gasteiger partial charge in [-0.15, -0.1) is 11.6 Å². The van der Waals surface area contributed by atoms with Gasteiger partial charge in [0.2, 0.25) is 0 Å². The molecule has 0 radical (unpaired) electrons. The topological polar surface area (TPSA) is 0 Å². The Morgan fingerprint density at radius 2 is 1.26 bits per heavy atom. The molecule has 23 heavy (non-hydrogen) atoms. The summed E-state index contributed by atoms with van der Waals surface area (Å²) in [6, 6.07) is 0. The Morgan fingerprint density at radius 3 is 1.83 bits per heavy atom. The lowest BCUT2D eigenvalue weighted by Crippen LogP contribution is -2.25. The Kier molecular flexibility index (Phi) is 13.6. The van der Waals surface area contributed by atoms with E-state index in [1.807, 2.05) is 0 Å². The van der Waals surface area contributed by atoms with Crippen LogP contribution in [0.15, 0.2) is 0 Å². The maximum Gasteiger partial charge on any atom is 0.0392 e. The summed E-state index contributed by atoms with van der Waals surface area (Å²) in [5.41, 5.74) is 0. The first kappa shape index (κ1) is 21.3. The number of hydrogen-bond donors (Lipinski definition) is 0. The Hall–Kier alpha value is 0.290. The van der Waals surface area contributed by atoms with Crippen LogP contribution in [0.25, 0.3) is 0 Å². The van der Waals surface area contributed by atoms with Crippen molar-refractivity contribution in [2.75, 3.05) is 0 Å². The van der Waals surface area contributed by atoms with Gasteiger partial charge in [0.05, 0.1) is 0 Å². The van der Waals surface area contributed by atoms with Crippen LogP contribution < -0.4 is 0 Å². The summed E-state index contributed by atoms with van der Waals surface area (Å²) in [5, 5.41) is 0.447. The molecule has 0 nitrogen and oxygen atoms in total. The second-order valence-electron chi connectivity index (χ2n) is 7.98. The average Bonchev–Trinajstić information content (AvgIpc) is 2.53. The minimum Gasteiger partial charge on any atom is -0.122 e. The summed E-state index contributed by atoms with van der Waals surface area (Å²) in [5.74, 6) is 1.57. The molecule has 1 heteroatoms. The summed E-state index contributed by atoms with van der Waals surface area (Å²) < 4.78 is 0. The summed E-state index contributed by atoms with van der Waals surface area (Å²) in [7, 11) is 0. The standard InChI is InChI=1S/C22H43Cl/c1-3-5-6-7-8-9-11-14-17-20(4-2)22(23)21-18-15-12-10-13-16-19-21/h20-22H,3-19H2,1-2H3. The molecule has 0 aromatic heterocycles. The molecule has 1 saturated carbocycles. The van der Waals surface area contributed by atoms with E-state index in [0.717, 1.165) is 11.8 Å². The van der Waals surface area contributed by atoms with Gasteiger partial charge in [0, 0.05) is 5.38 Å². The molecule has 0 aromatic carbocycles. The minimum absolute atomic E-state index is 0.447. The third-order valence-electron chi connectivity index (χ3n) is 6.00. The Bertz CT molecular complexity index is 242. The first-order valence-corrected chi connectivity index (χ1v) is 11.4. The minimum atomic E-state index is 0.447. The second-order valence-corrected chi connectivity index (χ2v) is 8.49. The van der Waals surface area contributed by atoms with E-state index >= 15 is 0 Å². The highest BCUT2D eigenvalue weighted by atomic mass is 35.5. The highest BCUT2D eigenvalue weighted by Gasteiger charge is 2.26. The molecule has 0 heterocycles. The number of hydrogen-bond acceptors (Lipinski definition) is 0. The summed E-state index contributed by atoms with van der Waals surface area (Å²) in [6.07, 6.45) is 24.0. The molecule has 0 aromatic rings. The Labute approximate surface area is 152 Å². The van der Waals surface area contributed by atoms with Crippen LogP contribution in [0.1, 0.15) is 123 Å². The lowest BCUT2D eigenvalue weighted by Gasteiger charge is -2.30. The molecule has 1 aliphatic carbocycles. The Morgan fingerprint density at radius 1 is 0.739 bits per heavy atom. The molecule has 1 aliphatic rings. The quantitative estimate of drug-likeness (QED) is 0.246. The average molecular weight is 343 g/mol. The van der Waals surface area contributed by atoms with Crippen molar-refractivity contribution in [2.45, 2.75) is 128 Å². The van der Waals surface area contributed by atoms with Crippen molar-refractivity contribution in [1.82, 2.24) is 0 Å². The zero-order chi connectivity index (χ0) is 16.8. The fourth-order valence-electron chi connectivity index (χ4n) is 4.32. The van der Waals surface area contributed by atoms with Gasteiger partial charge >= 0.3 is 0 Å². The highest BCUT2D eigenvalue weighted by molar-refractivity contribution is 6.21. The van der Waals surface area contributed by atoms with Crippen LogP contribution in [0.3, 0.4) is 0 Å². The van der Waals surface area contributed by atoms with Crippen LogP contribution >= 0.6 is 11.6 Å². The third-order valence-corrected chi connectivity index (χ3v) is 6.72. The number of rotatable bonds is 12. The molecule has 0 saturated heterocycles. The zero-order valence-electron chi connectivity index (χ0n) is 16.1. The van der Waals surface area contributed by atoms with E-state index in [-0.39, 0.29) is 0 Å². The summed E-state index contributed by atoms with van der Waals surface area (Å²) in [6.45, 7) is 4.65.